The molecule has 1 N–H and O–H groups in total. The second-order valence-corrected chi connectivity index (χ2v) is 6.57. The Labute approximate surface area is 171 Å². The Morgan fingerprint density at radius 2 is 1.86 bits per heavy atom. The van der Waals surface area contributed by atoms with Crippen molar-refractivity contribution in [3.63, 3.8) is 0 Å². The summed E-state index contributed by atoms with van der Waals surface area (Å²) in [6.07, 6.45) is 0. The number of hydrogen-bond donors (Lipinski definition) is 1. The fourth-order valence-electron chi connectivity index (χ4n) is 2.57. The topological polar surface area (TPSA) is 103 Å². The quantitative estimate of drug-likeness (QED) is 0.492. The van der Waals surface area contributed by atoms with Crippen molar-refractivity contribution in [3.8, 4) is 5.69 Å². The van der Waals surface area contributed by atoms with Crippen LogP contribution in [0.25, 0.3) is 5.69 Å². The number of rotatable bonds is 6. The first-order valence-corrected chi connectivity index (χ1v) is 9.00. The Morgan fingerprint density at radius 1 is 1.10 bits per heavy atom. The van der Waals surface area contributed by atoms with Gasteiger partial charge in [0, 0.05) is 10.6 Å². The van der Waals surface area contributed by atoms with E-state index in [0.717, 1.165) is 0 Å². The molecule has 0 aliphatic rings. The number of esters is 1. The van der Waals surface area contributed by atoms with Crippen molar-refractivity contribution >= 4 is 34.9 Å². The molecular formula is C20H17ClN4O4. The third kappa shape index (κ3) is 4.85. The first kappa shape index (κ1) is 20.2. The van der Waals surface area contributed by atoms with E-state index in [1.54, 1.807) is 55.5 Å². The van der Waals surface area contributed by atoms with Gasteiger partial charge in [-0.15, -0.1) is 5.10 Å². The lowest BCUT2D eigenvalue weighted by molar-refractivity contribution is -0.119. The van der Waals surface area contributed by atoms with Gasteiger partial charge in [0.05, 0.1) is 17.1 Å². The number of para-hydroxylation sites is 1. The minimum atomic E-state index is -0.786. The fourth-order valence-corrected chi connectivity index (χ4v) is 2.75. The molecule has 29 heavy (non-hydrogen) atoms. The summed E-state index contributed by atoms with van der Waals surface area (Å²) in [5.41, 5.74) is 1.63. The van der Waals surface area contributed by atoms with Crippen LogP contribution in [-0.2, 0) is 9.53 Å². The van der Waals surface area contributed by atoms with E-state index in [0.29, 0.717) is 27.7 Å². The number of halogens is 1. The van der Waals surface area contributed by atoms with Gasteiger partial charge in [-0.25, -0.2) is 4.79 Å². The summed E-state index contributed by atoms with van der Waals surface area (Å²) >= 11 is 5.96. The van der Waals surface area contributed by atoms with Crippen LogP contribution in [0, 0.1) is 6.92 Å². The lowest BCUT2D eigenvalue weighted by Crippen LogP contribution is -2.22. The zero-order valence-electron chi connectivity index (χ0n) is 15.7. The molecule has 0 bridgehead atoms. The average Bonchev–Trinajstić information content (AvgIpc) is 3.08. The number of aromatic nitrogens is 3. The number of aryl methyl sites for hydroxylation is 1. The highest BCUT2D eigenvalue weighted by Gasteiger charge is 2.19. The molecule has 0 saturated carbocycles. The van der Waals surface area contributed by atoms with Crippen molar-refractivity contribution in [1.29, 1.82) is 0 Å². The van der Waals surface area contributed by atoms with Crippen LogP contribution in [0.5, 0.6) is 0 Å². The molecule has 3 aromatic rings. The van der Waals surface area contributed by atoms with Gasteiger partial charge in [0.1, 0.15) is 0 Å². The van der Waals surface area contributed by atoms with Gasteiger partial charge >= 0.3 is 5.97 Å². The van der Waals surface area contributed by atoms with Gasteiger partial charge < -0.3 is 10.1 Å². The van der Waals surface area contributed by atoms with Crippen molar-refractivity contribution < 1.29 is 19.1 Å². The first-order valence-electron chi connectivity index (χ1n) is 8.62. The molecule has 0 fully saturated rings. The molecule has 0 atom stereocenters. The summed E-state index contributed by atoms with van der Waals surface area (Å²) in [5.74, 6) is -1.55. The van der Waals surface area contributed by atoms with Crippen LogP contribution in [0.1, 0.15) is 33.5 Å². The molecule has 148 valence electrons. The summed E-state index contributed by atoms with van der Waals surface area (Å²) in [6, 6.07) is 13.4. The van der Waals surface area contributed by atoms with Gasteiger partial charge in [-0.1, -0.05) is 29.8 Å². The molecule has 0 unspecified atom stereocenters. The third-order valence-corrected chi connectivity index (χ3v) is 4.16. The number of carbonyl (C=O) groups excluding carboxylic acids is 3. The van der Waals surface area contributed by atoms with Crippen molar-refractivity contribution in [1.82, 2.24) is 15.0 Å². The van der Waals surface area contributed by atoms with E-state index in [1.807, 2.05) is 0 Å². The number of anilines is 1. The first-order chi connectivity index (χ1) is 13.8. The molecule has 1 aromatic heterocycles. The zero-order chi connectivity index (χ0) is 21.0. The number of Topliss-reactive ketones (excluding diaryl/α,β-unsaturated/α-hetero) is 1. The molecule has 8 nitrogen and oxygen atoms in total. The van der Waals surface area contributed by atoms with Gasteiger partial charge in [-0.3, -0.25) is 9.59 Å². The van der Waals surface area contributed by atoms with E-state index in [-0.39, 0.29) is 11.5 Å². The highest BCUT2D eigenvalue weighted by atomic mass is 35.5. The number of benzene rings is 2. The Balaban J connectivity index is 1.65. The number of hydrogen-bond acceptors (Lipinski definition) is 6. The van der Waals surface area contributed by atoms with Crippen LogP contribution >= 0.6 is 11.6 Å². The van der Waals surface area contributed by atoms with E-state index in [2.05, 4.69) is 15.5 Å². The van der Waals surface area contributed by atoms with Crippen molar-refractivity contribution in [2.45, 2.75) is 13.8 Å². The molecule has 2 aromatic carbocycles. The number of ether oxygens (including phenoxy) is 1. The molecule has 3 rings (SSSR count). The highest BCUT2D eigenvalue weighted by molar-refractivity contribution is 6.30. The van der Waals surface area contributed by atoms with E-state index in [4.69, 9.17) is 16.3 Å². The van der Waals surface area contributed by atoms with Crippen molar-refractivity contribution in [2.24, 2.45) is 0 Å². The molecule has 0 aliphatic heterocycles. The second-order valence-electron chi connectivity index (χ2n) is 6.13. The zero-order valence-corrected chi connectivity index (χ0v) is 16.4. The number of amides is 1. The predicted molar refractivity (Wildman–Crippen MR) is 106 cm³/mol. The predicted octanol–water partition coefficient (Wildman–Crippen LogP) is 3.23. The van der Waals surface area contributed by atoms with E-state index < -0.39 is 18.5 Å². The Morgan fingerprint density at radius 3 is 2.59 bits per heavy atom. The molecule has 0 saturated heterocycles. The van der Waals surface area contributed by atoms with Crippen LogP contribution in [0.4, 0.5) is 5.69 Å². The van der Waals surface area contributed by atoms with Gasteiger partial charge in [-0.05, 0) is 44.2 Å². The standard InChI is InChI=1S/C20H17ClN4O4/c1-12-19(24-25(23-12)15-7-5-6-14(21)10-15)20(28)29-11-18(27)22-17-9-4-3-8-16(17)13(2)26/h3-10H,11H2,1-2H3,(H,22,27). The van der Waals surface area contributed by atoms with E-state index in [1.165, 1.54) is 11.7 Å². The molecule has 9 heteroatoms. The Hall–Kier alpha value is -3.52. The SMILES string of the molecule is CC(=O)c1ccccc1NC(=O)COC(=O)c1nn(-c2cccc(Cl)c2)nc1C. The van der Waals surface area contributed by atoms with Gasteiger partial charge in [0.25, 0.3) is 5.91 Å². The van der Waals surface area contributed by atoms with Gasteiger partial charge in [0.2, 0.25) is 0 Å². The monoisotopic (exact) mass is 412 g/mol. The number of carbonyl (C=O) groups is 3. The lowest BCUT2D eigenvalue weighted by atomic mass is 10.1. The Bertz CT molecular complexity index is 1090. The largest absolute Gasteiger partial charge is 0.451 e. The molecule has 0 aliphatic carbocycles. The maximum Gasteiger partial charge on any atom is 0.361 e. The summed E-state index contributed by atoms with van der Waals surface area (Å²) in [6.45, 7) is 2.47. The minimum absolute atomic E-state index is 0.0121. The second kappa shape index (κ2) is 8.66. The molecule has 1 heterocycles. The smallest absolute Gasteiger partial charge is 0.361 e. The molecular weight excluding hydrogens is 396 g/mol. The summed E-state index contributed by atoms with van der Waals surface area (Å²) in [5, 5.41) is 11.4. The Kier molecular flexibility index (Phi) is 6.04. The van der Waals surface area contributed by atoms with E-state index >= 15 is 0 Å². The number of nitrogens with zero attached hydrogens (tertiary/aromatic N) is 3. The normalized spacial score (nSPS) is 10.4. The lowest BCUT2D eigenvalue weighted by Gasteiger charge is -2.09. The van der Waals surface area contributed by atoms with Gasteiger partial charge in [-0.2, -0.15) is 9.90 Å². The summed E-state index contributed by atoms with van der Waals surface area (Å²) < 4.78 is 5.04. The third-order valence-electron chi connectivity index (χ3n) is 3.93. The van der Waals surface area contributed by atoms with Gasteiger partial charge in [0.15, 0.2) is 18.1 Å². The maximum absolute atomic E-state index is 12.3. The van der Waals surface area contributed by atoms with Crippen LogP contribution < -0.4 is 5.32 Å². The van der Waals surface area contributed by atoms with Crippen LogP contribution in [0.2, 0.25) is 5.02 Å². The van der Waals surface area contributed by atoms with Crippen molar-refractivity contribution in [2.75, 3.05) is 11.9 Å². The molecule has 0 radical (unpaired) electrons. The van der Waals surface area contributed by atoms with Crippen LogP contribution in [-0.4, -0.2) is 39.3 Å². The minimum Gasteiger partial charge on any atom is -0.451 e. The summed E-state index contributed by atoms with van der Waals surface area (Å²) in [4.78, 5) is 37.3. The number of nitrogens with one attached hydrogen (secondary N) is 1. The van der Waals surface area contributed by atoms with Crippen LogP contribution in [0.3, 0.4) is 0 Å². The fraction of sp³-hybridized carbons (Fsp3) is 0.150. The average molecular weight is 413 g/mol. The maximum atomic E-state index is 12.3. The summed E-state index contributed by atoms with van der Waals surface area (Å²) in [7, 11) is 0. The van der Waals surface area contributed by atoms with Crippen molar-refractivity contribution in [3.05, 3.63) is 70.5 Å². The van der Waals surface area contributed by atoms with E-state index in [9.17, 15) is 14.4 Å². The molecule has 1 amide bonds. The highest BCUT2D eigenvalue weighted by Crippen LogP contribution is 2.16. The van der Waals surface area contributed by atoms with Crippen LogP contribution in [0.15, 0.2) is 48.5 Å². The number of ketones is 1. The molecule has 0 spiro atoms.